The van der Waals surface area contributed by atoms with Gasteiger partial charge in [-0.1, -0.05) is 12.0 Å². The van der Waals surface area contributed by atoms with Gasteiger partial charge in [0.05, 0.1) is 18.7 Å². The fourth-order valence-electron chi connectivity index (χ4n) is 3.64. The number of fused-ring (bicyclic) bond motifs is 2. The van der Waals surface area contributed by atoms with Crippen LogP contribution >= 0.6 is 0 Å². The molecule has 0 aromatic rings. The minimum absolute atomic E-state index is 0.125. The summed E-state index contributed by atoms with van der Waals surface area (Å²) < 4.78 is 89.2. The van der Waals surface area contributed by atoms with Gasteiger partial charge in [0.15, 0.2) is 12.6 Å². The first kappa shape index (κ1) is 27.0. The third-order valence-electron chi connectivity index (χ3n) is 5.23. The van der Waals surface area contributed by atoms with E-state index in [0.29, 0.717) is 0 Å². The number of methoxy groups -OCH3 is 2. The van der Waals surface area contributed by atoms with Crippen LogP contribution in [0.15, 0.2) is 5.11 Å². The Hall–Kier alpha value is -1.23. The predicted molar refractivity (Wildman–Crippen MR) is 102 cm³/mol. The van der Waals surface area contributed by atoms with E-state index in [0.717, 1.165) is 20.3 Å². The van der Waals surface area contributed by atoms with Crippen LogP contribution in [-0.4, -0.2) is 90.9 Å². The summed E-state index contributed by atoms with van der Waals surface area (Å²) in [5, 5.41) is 6.54. The number of alkyl halides is 3. The number of nitrogens with zero attached hydrogens (tertiary/aromatic N) is 3. The summed E-state index contributed by atoms with van der Waals surface area (Å²) >= 11 is 0. The Kier molecular flexibility index (Phi) is 9.51. The molecule has 32 heavy (non-hydrogen) atoms. The summed E-state index contributed by atoms with van der Waals surface area (Å²) in [7, 11) is -2.97. The number of rotatable bonds is 8. The van der Waals surface area contributed by atoms with Gasteiger partial charge in [0.25, 0.3) is 0 Å². The van der Waals surface area contributed by atoms with E-state index in [1.54, 1.807) is 7.11 Å². The maximum atomic E-state index is 12.3. The van der Waals surface area contributed by atoms with Gasteiger partial charge in [-0.3, -0.25) is 4.18 Å². The van der Waals surface area contributed by atoms with Crippen molar-refractivity contribution in [3.63, 3.8) is 0 Å². The van der Waals surface area contributed by atoms with Gasteiger partial charge in [-0.25, -0.2) is 0 Å². The van der Waals surface area contributed by atoms with Crippen LogP contribution < -0.4 is 5.32 Å². The molecule has 3 heterocycles. The first-order valence-corrected chi connectivity index (χ1v) is 11.1. The van der Waals surface area contributed by atoms with Gasteiger partial charge in [0.1, 0.15) is 18.3 Å². The topological polar surface area (TPSA) is 150 Å². The van der Waals surface area contributed by atoms with Gasteiger partial charge in [0.2, 0.25) is 0 Å². The molecule has 2 bridgehead atoms. The molecule has 0 spiro atoms. The van der Waals surface area contributed by atoms with E-state index in [9.17, 15) is 21.6 Å². The highest BCUT2D eigenvalue weighted by atomic mass is 32.2. The van der Waals surface area contributed by atoms with Crippen LogP contribution in [0.5, 0.6) is 0 Å². The highest BCUT2D eigenvalue weighted by molar-refractivity contribution is 7.87. The lowest BCUT2D eigenvalue weighted by molar-refractivity contribution is -0.144. The van der Waals surface area contributed by atoms with Crippen molar-refractivity contribution < 1.29 is 49.5 Å². The smallest absolute Gasteiger partial charge is 0.374 e. The summed E-state index contributed by atoms with van der Waals surface area (Å²) in [6, 6.07) is 0.222. The van der Waals surface area contributed by atoms with E-state index in [1.807, 2.05) is 6.92 Å². The normalized spacial score (nSPS) is 36.5. The zero-order valence-corrected chi connectivity index (χ0v) is 18.7. The molecule has 12 nitrogen and oxygen atoms in total. The van der Waals surface area contributed by atoms with Crippen molar-refractivity contribution in [2.45, 2.75) is 62.4 Å². The first-order chi connectivity index (χ1) is 15.0. The Morgan fingerprint density at radius 3 is 2.34 bits per heavy atom. The minimum atomic E-state index is -5.76. The van der Waals surface area contributed by atoms with Crippen LogP contribution in [-0.2, 0) is 38.0 Å². The Balaban J connectivity index is 0.000000255. The molecule has 3 saturated heterocycles. The fourth-order valence-corrected chi connectivity index (χ4v) is 4.31. The van der Waals surface area contributed by atoms with Crippen molar-refractivity contribution in [3.05, 3.63) is 10.4 Å². The molecular weight excluding hydrogens is 465 g/mol. The molecule has 0 saturated carbocycles. The van der Waals surface area contributed by atoms with E-state index in [2.05, 4.69) is 19.5 Å². The Morgan fingerprint density at radius 1 is 1.19 bits per heavy atom. The summed E-state index contributed by atoms with van der Waals surface area (Å²) in [6.45, 7) is 4.85. The van der Waals surface area contributed by atoms with Gasteiger partial charge in [-0.15, -0.1) is 0 Å². The molecule has 3 aliphatic heterocycles. The third-order valence-corrected chi connectivity index (χ3v) is 6.27. The first-order valence-electron chi connectivity index (χ1n) is 9.72. The Morgan fingerprint density at radius 2 is 1.84 bits per heavy atom. The lowest BCUT2D eigenvalue weighted by atomic mass is 10.0. The van der Waals surface area contributed by atoms with Crippen LogP contribution in [0.25, 0.3) is 10.4 Å². The van der Waals surface area contributed by atoms with Gasteiger partial charge >= 0.3 is 15.6 Å². The Bertz CT molecular complexity index is 767. The lowest BCUT2D eigenvalue weighted by Gasteiger charge is -2.20. The molecule has 3 fully saturated rings. The maximum Gasteiger partial charge on any atom is 0.523 e. The number of hydrogen-bond acceptors (Lipinski definition) is 10. The molecule has 0 aromatic carbocycles. The van der Waals surface area contributed by atoms with Crippen molar-refractivity contribution in [3.8, 4) is 0 Å². The molecule has 3 rings (SSSR count). The van der Waals surface area contributed by atoms with Crippen LogP contribution in [0, 0.1) is 5.92 Å². The van der Waals surface area contributed by atoms with E-state index >= 15 is 0 Å². The monoisotopic (exact) mass is 492 g/mol. The van der Waals surface area contributed by atoms with Crippen LogP contribution in [0.3, 0.4) is 0 Å². The van der Waals surface area contributed by atoms with Crippen molar-refractivity contribution >= 4 is 10.1 Å². The molecule has 186 valence electrons. The lowest BCUT2D eigenvalue weighted by Crippen LogP contribution is -2.42. The molecule has 2 unspecified atom stereocenters. The second kappa shape index (κ2) is 11.3. The molecule has 0 aromatic heterocycles. The van der Waals surface area contributed by atoms with Gasteiger partial charge in [0, 0.05) is 38.2 Å². The third kappa shape index (κ3) is 6.01. The zero-order chi connectivity index (χ0) is 24.1. The molecule has 1 N–H and O–H groups in total. The number of ether oxygens (including phenoxy) is 5. The average molecular weight is 492 g/mol. The number of morpholine rings is 1. The SMILES string of the molecule is CCO[C@@H]1[C@@H]2NC[C@H]1OC2OC.COC1O[C@H](CN=[N+]=[N-])[C@H](C)[C@H]1OS(=O)(=O)C(F)(F)F. The second-order valence-corrected chi connectivity index (χ2v) is 8.71. The van der Waals surface area contributed by atoms with E-state index in [4.69, 9.17) is 29.2 Å². The van der Waals surface area contributed by atoms with Gasteiger partial charge in [-0.2, -0.15) is 21.6 Å². The molecule has 0 amide bonds. The molecule has 16 heteroatoms. The maximum absolute atomic E-state index is 12.3. The average Bonchev–Trinajstić information content (AvgIpc) is 3.37. The molecule has 8 atom stereocenters. The second-order valence-electron chi connectivity index (χ2n) is 7.14. The van der Waals surface area contributed by atoms with Crippen molar-refractivity contribution in [2.24, 2.45) is 11.0 Å². The molecular formula is C16H27F3N4O8S. The number of halogens is 3. The Labute approximate surface area is 183 Å². The standard InChI is InChI=1S/C8H12F3N3O5S.C8H15NO3/c1-4-5(3-13-14-12)18-7(17-2)6(4)19-20(15,16)8(9,10)11;1-3-11-7-5-4-9-6(7)8(10-2)12-5/h4-7H,3H2,1-2H3;5-9H,3-4H2,1-2H3/t4-,5+,6+,7?;5-,6+,7+,8?/m01/s1. The van der Waals surface area contributed by atoms with Crippen molar-refractivity contribution in [2.75, 3.05) is 33.9 Å². The summed E-state index contributed by atoms with van der Waals surface area (Å²) in [4.78, 5) is 2.49. The largest absolute Gasteiger partial charge is 0.523 e. The van der Waals surface area contributed by atoms with Crippen molar-refractivity contribution in [1.29, 1.82) is 0 Å². The number of hydrogen-bond donors (Lipinski definition) is 1. The molecule has 3 aliphatic rings. The molecule has 0 aliphatic carbocycles. The highest BCUT2D eigenvalue weighted by Gasteiger charge is 2.53. The van der Waals surface area contributed by atoms with E-state index < -0.39 is 40.0 Å². The zero-order valence-electron chi connectivity index (χ0n) is 17.9. The summed E-state index contributed by atoms with van der Waals surface area (Å²) in [6.07, 6.45) is -3.35. The highest BCUT2D eigenvalue weighted by Crippen LogP contribution is 2.35. The van der Waals surface area contributed by atoms with E-state index in [1.165, 1.54) is 6.92 Å². The van der Waals surface area contributed by atoms with Crippen LogP contribution in [0.2, 0.25) is 0 Å². The van der Waals surface area contributed by atoms with Crippen LogP contribution in [0.4, 0.5) is 13.2 Å². The van der Waals surface area contributed by atoms with Gasteiger partial charge in [-0.05, 0) is 12.5 Å². The minimum Gasteiger partial charge on any atom is -0.374 e. The summed E-state index contributed by atoms with van der Waals surface area (Å²) in [5.41, 5.74) is 2.66. The van der Waals surface area contributed by atoms with Crippen LogP contribution in [0.1, 0.15) is 13.8 Å². The quantitative estimate of drug-likeness (QED) is 0.174. The fraction of sp³-hybridized carbons (Fsp3) is 1.00. The predicted octanol–water partition coefficient (Wildman–Crippen LogP) is 1.27. The van der Waals surface area contributed by atoms with Gasteiger partial charge < -0.3 is 29.0 Å². The number of azide groups is 1. The number of nitrogens with one attached hydrogen (secondary N) is 1. The summed E-state index contributed by atoms with van der Waals surface area (Å²) in [5.74, 6) is -0.775. The van der Waals surface area contributed by atoms with E-state index in [-0.39, 0.29) is 31.1 Å². The van der Waals surface area contributed by atoms with Crippen molar-refractivity contribution in [1.82, 2.24) is 5.32 Å². The molecule has 0 radical (unpaired) electrons.